The van der Waals surface area contributed by atoms with Gasteiger partial charge < -0.3 is 5.32 Å². The lowest BCUT2D eigenvalue weighted by molar-refractivity contribution is 0.0906. The van der Waals surface area contributed by atoms with Gasteiger partial charge in [-0.05, 0) is 49.4 Å². The number of aromatic nitrogens is 3. The molecule has 1 amide bonds. The first-order chi connectivity index (χ1) is 10.6. The quantitative estimate of drug-likeness (QED) is 0.939. The van der Waals surface area contributed by atoms with Crippen LogP contribution in [0.3, 0.4) is 0 Å². The molecule has 1 aromatic carbocycles. The van der Waals surface area contributed by atoms with E-state index in [1.54, 1.807) is 29.4 Å². The van der Waals surface area contributed by atoms with Gasteiger partial charge in [-0.1, -0.05) is 6.92 Å². The third-order valence-electron chi connectivity index (χ3n) is 4.43. The van der Waals surface area contributed by atoms with E-state index in [0.717, 1.165) is 24.9 Å². The molecular weight excluding hydrogens is 278 g/mol. The van der Waals surface area contributed by atoms with Crippen molar-refractivity contribution >= 4 is 5.91 Å². The molecule has 2 aromatic rings. The third kappa shape index (κ3) is 2.46. The van der Waals surface area contributed by atoms with E-state index in [1.807, 2.05) is 19.1 Å². The van der Waals surface area contributed by atoms with Crippen molar-refractivity contribution in [3.8, 4) is 11.8 Å². The van der Waals surface area contributed by atoms with Gasteiger partial charge in [0.25, 0.3) is 5.91 Å². The molecule has 1 aliphatic rings. The number of amides is 1. The fourth-order valence-corrected chi connectivity index (χ4v) is 2.95. The van der Waals surface area contributed by atoms with Crippen LogP contribution in [-0.2, 0) is 0 Å². The molecule has 6 nitrogen and oxygen atoms in total. The van der Waals surface area contributed by atoms with Gasteiger partial charge in [-0.15, -0.1) is 10.2 Å². The Bertz CT molecular complexity index is 701. The van der Waals surface area contributed by atoms with Gasteiger partial charge in [0.15, 0.2) is 0 Å². The lowest BCUT2D eigenvalue weighted by Crippen LogP contribution is -2.49. The highest BCUT2D eigenvalue weighted by Gasteiger charge is 2.41. The van der Waals surface area contributed by atoms with Gasteiger partial charge >= 0.3 is 0 Å². The van der Waals surface area contributed by atoms with Crippen LogP contribution >= 0.6 is 0 Å². The van der Waals surface area contributed by atoms with Crippen molar-refractivity contribution in [3.05, 3.63) is 42.5 Å². The van der Waals surface area contributed by atoms with Crippen LogP contribution in [0.2, 0.25) is 0 Å². The summed E-state index contributed by atoms with van der Waals surface area (Å²) in [5.74, 6) is -0.0247. The fourth-order valence-electron chi connectivity index (χ4n) is 2.95. The summed E-state index contributed by atoms with van der Waals surface area (Å²) in [5, 5.41) is 19.9. The lowest BCUT2D eigenvalue weighted by atomic mass is 9.89. The fraction of sp³-hybridized carbons (Fsp3) is 0.375. The molecule has 1 heterocycles. The molecule has 3 rings (SSSR count). The molecule has 1 fully saturated rings. The second-order valence-electron chi connectivity index (χ2n) is 5.75. The Labute approximate surface area is 128 Å². The highest BCUT2D eigenvalue weighted by molar-refractivity contribution is 5.95. The minimum Gasteiger partial charge on any atom is -0.333 e. The van der Waals surface area contributed by atoms with Crippen LogP contribution in [0.4, 0.5) is 0 Å². The maximum atomic E-state index is 12.4. The van der Waals surface area contributed by atoms with E-state index >= 15 is 0 Å². The van der Waals surface area contributed by atoms with Crippen molar-refractivity contribution in [2.24, 2.45) is 5.92 Å². The summed E-state index contributed by atoms with van der Waals surface area (Å²) in [7, 11) is 0. The van der Waals surface area contributed by atoms with Crippen LogP contribution in [-0.4, -0.2) is 26.2 Å². The van der Waals surface area contributed by atoms with Crippen molar-refractivity contribution < 1.29 is 4.79 Å². The molecule has 0 bridgehead atoms. The zero-order chi connectivity index (χ0) is 15.6. The predicted octanol–water partition coefficient (Wildman–Crippen LogP) is 2.08. The average molecular weight is 295 g/mol. The molecule has 0 radical (unpaired) electrons. The molecule has 0 unspecified atom stereocenters. The molecule has 22 heavy (non-hydrogen) atoms. The van der Waals surface area contributed by atoms with E-state index in [-0.39, 0.29) is 11.8 Å². The Morgan fingerprint density at radius 2 is 2.05 bits per heavy atom. The Hall–Kier alpha value is -2.68. The number of carbonyl (C=O) groups is 1. The van der Waals surface area contributed by atoms with Crippen LogP contribution in [0.1, 0.15) is 36.5 Å². The number of carbonyl (C=O) groups excluding carboxylic acids is 1. The van der Waals surface area contributed by atoms with Crippen molar-refractivity contribution in [2.45, 2.75) is 31.7 Å². The van der Waals surface area contributed by atoms with Crippen LogP contribution in [0.5, 0.6) is 0 Å². The van der Waals surface area contributed by atoms with Gasteiger partial charge in [0.2, 0.25) is 0 Å². The molecule has 1 saturated carbocycles. The number of nitriles is 1. The van der Waals surface area contributed by atoms with Crippen LogP contribution in [0.25, 0.3) is 5.69 Å². The van der Waals surface area contributed by atoms with Crippen molar-refractivity contribution in [2.75, 3.05) is 0 Å². The zero-order valence-corrected chi connectivity index (χ0v) is 12.4. The Morgan fingerprint density at radius 1 is 1.36 bits per heavy atom. The van der Waals surface area contributed by atoms with Crippen molar-refractivity contribution in [1.82, 2.24) is 20.1 Å². The standard InChI is InChI=1S/C16H17N5O/c1-12-3-2-8-16(12,9-17)20-15(22)13-4-6-14(7-5-13)21-10-18-19-11-21/h4-7,10-12H,2-3,8H2,1H3,(H,20,22)/t12-,16+/m1/s1. The highest BCUT2D eigenvalue weighted by atomic mass is 16.1. The van der Waals surface area contributed by atoms with Crippen LogP contribution < -0.4 is 5.32 Å². The zero-order valence-electron chi connectivity index (χ0n) is 12.4. The average Bonchev–Trinajstić information content (AvgIpc) is 3.18. The molecular formula is C16H17N5O. The van der Waals surface area contributed by atoms with E-state index in [9.17, 15) is 10.1 Å². The van der Waals surface area contributed by atoms with E-state index in [2.05, 4.69) is 21.6 Å². The van der Waals surface area contributed by atoms with Gasteiger partial charge in [-0.2, -0.15) is 5.26 Å². The molecule has 1 aliphatic carbocycles. The highest BCUT2D eigenvalue weighted by Crippen LogP contribution is 2.35. The first kappa shape index (κ1) is 14.3. The maximum Gasteiger partial charge on any atom is 0.252 e. The van der Waals surface area contributed by atoms with Gasteiger partial charge in [0.1, 0.15) is 18.2 Å². The minimum atomic E-state index is -0.732. The summed E-state index contributed by atoms with van der Waals surface area (Å²) in [6.07, 6.45) is 5.86. The van der Waals surface area contributed by atoms with Crippen molar-refractivity contribution in [3.63, 3.8) is 0 Å². The summed E-state index contributed by atoms with van der Waals surface area (Å²) in [4.78, 5) is 12.4. The van der Waals surface area contributed by atoms with E-state index in [4.69, 9.17) is 0 Å². The monoisotopic (exact) mass is 295 g/mol. The van der Waals surface area contributed by atoms with E-state index in [0.29, 0.717) is 5.56 Å². The van der Waals surface area contributed by atoms with E-state index < -0.39 is 5.54 Å². The Kier molecular flexibility index (Phi) is 3.63. The predicted molar refractivity (Wildman–Crippen MR) is 80.2 cm³/mol. The smallest absolute Gasteiger partial charge is 0.252 e. The first-order valence-corrected chi connectivity index (χ1v) is 7.33. The number of nitrogens with one attached hydrogen (secondary N) is 1. The van der Waals surface area contributed by atoms with Gasteiger partial charge in [-0.25, -0.2) is 0 Å². The summed E-state index contributed by atoms with van der Waals surface area (Å²) in [5.41, 5.74) is 0.695. The SMILES string of the molecule is C[C@@H]1CCC[C@@]1(C#N)NC(=O)c1ccc(-n2cnnc2)cc1. The number of hydrogen-bond donors (Lipinski definition) is 1. The number of nitrogens with zero attached hydrogens (tertiary/aromatic N) is 4. The molecule has 2 atom stereocenters. The van der Waals surface area contributed by atoms with Crippen LogP contribution in [0, 0.1) is 17.2 Å². The topological polar surface area (TPSA) is 83.6 Å². The van der Waals surface area contributed by atoms with E-state index in [1.165, 1.54) is 0 Å². The Morgan fingerprint density at radius 3 is 2.59 bits per heavy atom. The van der Waals surface area contributed by atoms with Crippen molar-refractivity contribution in [1.29, 1.82) is 5.26 Å². The first-order valence-electron chi connectivity index (χ1n) is 7.33. The normalized spacial score (nSPS) is 23.9. The third-order valence-corrected chi connectivity index (χ3v) is 4.43. The molecule has 0 saturated heterocycles. The summed E-state index contributed by atoms with van der Waals surface area (Å²) in [6, 6.07) is 9.46. The lowest BCUT2D eigenvalue weighted by Gasteiger charge is -2.27. The molecule has 1 N–H and O–H groups in total. The molecule has 0 spiro atoms. The van der Waals surface area contributed by atoms with Gasteiger partial charge in [0.05, 0.1) is 6.07 Å². The molecule has 6 heteroatoms. The largest absolute Gasteiger partial charge is 0.333 e. The number of rotatable bonds is 3. The van der Waals surface area contributed by atoms with Crippen LogP contribution in [0.15, 0.2) is 36.9 Å². The summed E-state index contributed by atoms with van der Waals surface area (Å²) >= 11 is 0. The minimum absolute atomic E-state index is 0.178. The van der Waals surface area contributed by atoms with Gasteiger partial charge in [-0.3, -0.25) is 9.36 Å². The molecule has 112 valence electrons. The summed E-state index contributed by atoms with van der Waals surface area (Å²) < 4.78 is 1.76. The maximum absolute atomic E-state index is 12.4. The molecule has 1 aromatic heterocycles. The van der Waals surface area contributed by atoms with Gasteiger partial charge in [0, 0.05) is 11.3 Å². The number of hydrogen-bond acceptors (Lipinski definition) is 4. The second-order valence-corrected chi connectivity index (χ2v) is 5.75. The number of benzene rings is 1. The second kappa shape index (κ2) is 5.60. The Balaban J connectivity index is 1.77. The molecule has 0 aliphatic heterocycles. The summed E-state index contributed by atoms with van der Waals surface area (Å²) in [6.45, 7) is 2.02.